The number of carbonyl (C=O) groups is 1. The zero-order chi connectivity index (χ0) is 15.6. The fourth-order valence-corrected chi connectivity index (χ4v) is 1.93. The second-order valence-corrected chi connectivity index (χ2v) is 5.80. The molecule has 0 amide bonds. The summed E-state index contributed by atoms with van der Waals surface area (Å²) in [6.45, 7) is 5.06. The highest BCUT2D eigenvalue weighted by Gasteiger charge is 2.32. The molecule has 0 spiro atoms. The number of halogens is 3. The molecular weight excluding hydrogens is 291 g/mol. The van der Waals surface area contributed by atoms with Crippen molar-refractivity contribution in [3.05, 3.63) is 34.9 Å². The molecule has 0 saturated heterocycles. The first-order valence-corrected chi connectivity index (χ1v) is 6.84. The van der Waals surface area contributed by atoms with Crippen LogP contribution in [0.1, 0.15) is 42.3 Å². The number of carbonyl (C=O) groups excluding carboxylic acids is 1. The second-order valence-electron chi connectivity index (χ2n) is 5.18. The van der Waals surface area contributed by atoms with Crippen molar-refractivity contribution in [1.82, 2.24) is 0 Å². The Balaban J connectivity index is 3.16. The van der Waals surface area contributed by atoms with E-state index in [4.69, 9.17) is 9.88 Å². The summed E-state index contributed by atoms with van der Waals surface area (Å²) >= 11 is 0.848. The van der Waals surface area contributed by atoms with Gasteiger partial charge in [-0.15, -0.1) is 0 Å². The van der Waals surface area contributed by atoms with E-state index in [-0.39, 0.29) is 16.9 Å². The topological polar surface area (TPSA) is 52.3 Å². The van der Waals surface area contributed by atoms with E-state index in [1.54, 1.807) is 20.8 Å². The maximum Gasteiger partial charge on any atom is 0.416 e. The van der Waals surface area contributed by atoms with E-state index in [1.165, 1.54) is 0 Å². The van der Waals surface area contributed by atoms with Crippen molar-refractivity contribution in [2.45, 2.75) is 38.3 Å². The van der Waals surface area contributed by atoms with Crippen LogP contribution in [0.15, 0.2) is 18.2 Å². The summed E-state index contributed by atoms with van der Waals surface area (Å²) in [7, 11) is 0. The van der Waals surface area contributed by atoms with E-state index < -0.39 is 23.3 Å². The standard InChI is InChI=1S/C13H16F3NO2S/c1-12(2,3)19-11(18)10-5-4-9(13(14,15)16)6-8(10)7-20-17/h4-6H,7,17H2,1-3H3. The molecule has 1 aromatic carbocycles. The van der Waals surface area contributed by atoms with Crippen molar-refractivity contribution >= 4 is 17.9 Å². The number of alkyl halides is 3. The van der Waals surface area contributed by atoms with Gasteiger partial charge in [-0.2, -0.15) is 13.2 Å². The molecule has 1 aromatic rings. The smallest absolute Gasteiger partial charge is 0.416 e. The summed E-state index contributed by atoms with van der Waals surface area (Å²) in [6, 6.07) is 2.92. The van der Waals surface area contributed by atoms with Gasteiger partial charge in [-0.25, -0.2) is 4.79 Å². The van der Waals surface area contributed by atoms with Gasteiger partial charge in [0.05, 0.1) is 11.1 Å². The van der Waals surface area contributed by atoms with E-state index in [2.05, 4.69) is 0 Å². The Morgan fingerprint density at radius 3 is 2.35 bits per heavy atom. The number of rotatable bonds is 3. The van der Waals surface area contributed by atoms with Gasteiger partial charge in [0, 0.05) is 5.75 Å². The Bertz CT molecular complexity index is 495. The van der Waals surface area contributed by atoms with E-state index in [9.17, 15) is 18.0 Å². The Morgan fingerprint density at radius 1 is 1.30 bits per heavy atom. The number of hydrogen-bond donors (Lipinski definition) is 1. The molecule has 0 radical (unpaired) electrons. The summed E-state index contributed by atoms with van der Waals surface area (Å²) < 4.78 is 43.1. The van der Waals surface area contributed by atoms with Gasteiger partial charge >= 0.3 is 12.1 Å². The van der Waals surface area contributed by atoms with Gasteiger partial charge in [0.15, 0.2) is 0 Å². The van der Waals surface area contributed by atoms with E-state index >= 15 is 0 Å². The fourth-order valence-electron chi connectivity index (χ4n) is 1.51. The third-order valence-corrected chi connectivity index (χ3v) is 2.77. The van der Waals surface area contributed by atoms with Gasteiger partial charge < -0.3 is 4.74 Å². The monoisotopic (exact) mass is 307 g/mol. The average Bonchev–Trinajstić information content (AvgIpc) is 2.25. The van der Waals surface area contributed by atoms with E-state index in [0.717, 1.165) is 30.1 Å². The number of hydrogen-bond acceptors (Lipinski definition) is 4. The highest BCUT2D eigenvalue weighted by atomic mass is 32.2. The largest absolute Gasteiger partial charge is 0.456 e. The van der Waals surface area contributed by atoms with Gasteiger partial charge in [-0.1, -0.05) is 11.9 Å². The second kappa shape index (κ2) is 6.05. The van der Waals surface area contributed by atoms with Crippen molar-refractivity contribution in [1.29, 1.82) is 0 Å². The lowest BCUT2D eigenvalue weighted by Crippen LogP contribution is -2.24. The zero-order valence-corrected chi connectivity index (χ0v) is 12.2. The molecule has 2 N–H and O–H groups in total. The molecule has 20 heavy (non-hydrogen) atoms. The van der Waals surface area contributed by atoms with Crippen LogP contribution < -0.4 is 5.14 Å². The normalized spacial score (nSPS) is 12.3. The summed E-state index contributed by atoms with van der Waals surface area (Å²) in [5.41, 5.74) is -1.21. The molecule has 0 bridgehead atoms. The minimum atomic E-state index is -4.46. The van der Waals surface area contributed by atoms with Crippen LogP contribution in [0.25, 0.3) is 0 Å². The zero-order valence-electron chi connectivity index (χ0n) is 11.4. The Hall–Kier alpha value is -1.21. The molecule has 112 valence electrons. The first-order valence-electron chi connectivity index (χ1n) is 5.80. The van der Waals surface area contributed by atoms with Crippen molar-refractivity contribution in [2.24, 2.45) is 5.14 Å². The maximum atomic E-state index is 12.7. The third-order valence-electron chi connectivity index (χ3n) is 2.29. The van der Waals surface area contributed by atoms with Gasteiger partial charge in [0.2, 0.25) is 0 Å². The van der Waals surface area contributed by atoms with Crippen LogP contribution >= 0.6 is 11.9 Å². The minimum absolute atomic E-state index is 0.0957. The van der Waals surface area contributed by atoms with E-state index in [1.807, 2.05) is 0 Å². The molecule has 1 rings (SSSR count). The molecule has 0 atom stereocenters. The average molecular weight is 307 g/mol. The molecule has 0 aliphatic carbocycles. The van der Waals surface area contributed by atoms with E-state index in [0.29, 0.717) is 0 Å². The predicted molar refractivity (Wildman–Crippen MR) is 72.1 cm³/mol. The van der Waals surface area contributed by atoms with Crippen LogP contribution in [-0.4, -0.2) is 11.6 Å². The quantitative estimate of drug-likeness (QED) is 0.682. The van der Waals surface area contributed by atoms with Crippen molar-refractivity contribution in [3.63, 3.8) is 0 Å². The molecule has 0 aliphatic rings. The lowest BCUT2D eigenvalue weighted by atomic mass is 10.0. The summed E-state index contributed by atoms with van der Waals surface area (Å²) in [6.07, 6.45) is -4.46. The van der Waals surface area contributed by atoms with Gasteiger partial charge in [-0.3, -0.25) is 5.14 Å². The van der Waals surface area contributed by atoms with Crippen molar-refractivity contribution in [3.8, 4) is 0 Å². The highest BCUT2D eigenvalue weighted by Crippen LogP contribution is 2.31. The fraction of sp³-hybridized carbons (Fsp3) is 0.462. The molecule has 0 heterocycles. The van der Waals surface area contributed by atoms with Crippen LogP contribution in [-0.2, 0) is 16.7 Å². The van der Waals surface area contributed by atoms with Gasteiger partial charge in [0.25, 0.3) is 0 Å². The summed E-state index contributed by atoms with van der Waals surface area (Å²) in [5, 5.41) is 5.30. The Kier molecular flexibility index (Phi) is 5.10. The molecular formula is C13H16F3NO2S. The molecule has 0 unspecified atom stereocenters. The minimum Gasteiger partial charge on any atom is -0.456 e. The molecule has 3 nitrogen and oxygen atoms in total. The number of benzene rings is 1. The van der Waals surface area contributed by atoms with Gasteiger partial charge in [0.1, 0.15) is 5.60 Å². The van der Waals surface area contributed by atoms with Crippen LogP contribution in [0.5, 0.6) is 0 Å². The molecule has 0 aliphatic heterocycles. The van der Waals surface area contributed by atoms with Crippen molar-refractivity contribution in [2.75, 3.05) is 0 Å². The summed E-state index contributed by atoms with van der Waals surface area (Å²) in [5.74, 6) is -0.561. The van der Waals surface area contributed by atoms with Crippen LogP contribution in [0, 0.1) is 0 Å². The molecule has 7 heteroatoms. The lowest BCUT2D eigenvalue weighted by molar-refractivity contribution is -0.137. The molecule has 0 fully saturated rings. The Labute approximate surface area is 119 Å². The summed E-state index contributed by atoms with van der Waals surface area (Å²) in [4.78, 5) is 12.0. The first-order chi connectivity index (χ1) is 9.04. The Morgan fingerprint density at radius 2 is 1.90 bits per heavy atom. The van der Waals surface area contributed by atoms with Crippen LogP contribution in [0.4, 0.5) is 13.2 Å². The number of esters is 1. The number of ether oxygens (including phenoxy) is 1. The molecule has 0 aromatic heterocycles. The predicted octanol–water partition coefficient (Wildman–Crippen LogP) is 3.77. The highest BCUT2D eigenvalue weighted by molar-refractivity contribution is 7.96. The SMILES string of the molecule is CC(C)(C)OC(=O)c1ccc(C(F)(F)F)cc1CSN. The van der Waals surface area contributed by atoms with Crippen molar-refractivity contribution < 1.29 is 22.7 Å². The van der Waals surface area contributed by atoms with Gasteiger partial charge in [-0.05, 0) is 44.5 Å². The molecule has 0 saturated carbocycles. The first kappa shape index (κ1) is 16.8. The number of nitrogens with two attached hydrogens (primary N) is 1. The third kappa shape index (κ3) is 4.72. The van der Waals surface area contributed by atoms with Crippen LogP contribution in [0.3, 0.4) is 0 Å². The lowest BCUT2D eigenvalue weighted by Gasteiger charge is -2.21. The van der Waals surface area contributed by atoms with Crippen LogP contribution in [0.2, 0.25) is 0 Å². The maximum absolute atomic E-state index is 12.7.